The molecule has 1 unspecified atom stereocenters. The van der Waals surface area contributed by atoms with Crippen LogP contribution in [0, 0.1) is 10.1 Å². The first-order valence-electron chi connectivity index (χ1n) is 8.63. The van der Waals surface area contributed by atoms with Crippen LogP contribution in [0.25, 0.3) is 6.08 Å². The molecule has 0 amide bonds. The monoisotopic (exact) mass is 437 g/mol. The van der Waals surface area contributed by atoms with Gasteiger partial charge in [-0.25, -0.2) is 0 Å². The van der Waals surface area contributed by atoms with Gasteiger partial charge >= 0.3 is 0 Å². The zero-order valence-electron chi connectivity index (χ0n) is 17.3. The zero-order valence-corrected chi connectivity index (χ0v) is 18.1. The Morgan fingerprint density at radius 3 is 1.87 bits per heavy atom. The molecule has 0 fully saturated rings. The lowest BCUT2D eigenvalue weighted by molar-refractivity contribution is -0.385. The molecule has 10 heteroatoms. The Labute approximate surface area is 176 Å². The highest BCUT2D eigenvalue weighted by molar-refractivity contribution is 7.87. The maximum atomic E-state index is 12.7. The fourth-order valence-electron chi connectivity index (χ4n) is 2.74. The predicted molar refractivity (Wildman–Crippen MR) is 113 cm³/mol. The van der Waals surface area contributed by atoms with E-state index < -0.39 is 15.7 Å². The Morgan fingerprint density at radius 2 is 1.40 bits per heavy atom. The normalized spacial score (nSPS) is 11.8. The second-order valence-electron chi connectivity index (χ2n) is 5.87. The Kier molecular flexibility index (Phi) is 8.05. The van der Waals surface area contributed by atoms with Gasteiger partial charge in [0.2, 0.25) is 0 Å². The molecular formula is C20H23NO8S. The van der Waals surface area contributed by atoms with Gasteiger partial charge in [-0.2, -0.15) is 0 Å². The highest BCUT2D eigenvalue weighted by Gasteiger charge is 2.20. The van der Waals surface area contributed by atoms with Crippen molar-refractivity contribution in [2.75, 3.05) is 35.5 Å². The minimum absolute atomic E-state index is 0.0893. The van der Waals surface area contributed by atoms with Gasteiger partial charge in [0.25, 0.3) is 5.69 Å². The molecule has 0 aliphatic carbocycles. The SMILES string of the molecule is COc1cc(OC)c(C=CS(=O)Cc2cc(OC)c(OC)cc2[N+](=O)[O-])c(OC)c1. The molecule has 2 rings (SSSR count). The topological polar surface area (TPSA) is 106 Å². The molecule has 0 bridgehead atoms. The Balaban J connectivity index is 2.36. The second-order valence-corrected chi connectivity index (χ2v) is 7.19. The number of rotatable bonds is 10. The van der Waals surface area contributed by atoms with Crippen molar-refractivity contribution in [3.05, 3.63) is 50.9 Å². The molecule has 9 nitrogen and oxygen atoms in total. The molecule has 0 aromatic heterocycles. The zero-order chi connectivity index (χ0) is 22.3. The van der Waals surface area contributed by atoms with E-state index in [1.807, 2.05) is 0 Å². The summed E-state index contributed by atoms with van der Waals surface area (Å²) >= 11 is 0. The van der Waals surface area contributed by atoms with Crippen LogP contribution in [0.5, 0.6) is 28.7 Å². The maximum Gasteiger partial charge on any atom is 0.277 e. The van der Waals surface area contributed by atoms with E-state index in [4.69, 9.17) is 23.7 Å². The Hall–Kier alpha value is -3.27. The van der Waals surface area contributed by atoms with Crippen LogP contribution in [0.1, 0.15) is 11.1 Å². The van der Waals surface area contributed by atoms with E-state index in [0.29, 0.717) is 28.6 Å². The molecule has 0 heterocycles. The van der Waals surface area contributed by atoms with Crippen LogP contribution in [0.4, 0.5) is 5.69 Å². The Bertz CT molecular complexity index is 949. The van der Waals surface area contributed by atoms with E-state index in [2.05, 4.69) is 0 Å². The number of ether oxygens (including phenoxy) is 5. The fraction of sp³-hybridized carbons (Fsp3) is 0.300. The molecule has 1 atom stereocenters. The summed E-state index contributed by atoms with van der Waals surface area (Å²) in [6.07, 6.45) is 1.58. The molecule has 0 radical (unpaired) electrons. The third kappa shape index (κ3) is 5.20. The van der Waals surface area contributed by atoms with Gasteiger partial charge in [0.1, 0.15) is 17.2 Å². The third-order valence-electron chi connectivity index (χ3n) is 4.22. The van der Waals surface area contributed by atoms with Crippen molar-refractivity contribution < 1.29 is 32.8 Å². The second kappa shape index (κ2) is 10.5. The molecule has 30 heavy (non-hydrogen) atoms. The highest BCUT2D eigenvalue weighted by atomic mass is 32.2. The van der Waals surface area contributed by atoms with Gasteiger partial charge < -0.3 is 23.7 Å². The van der Waals surface area contributed by atoms with E-state index in [-0.39, 0.29) is 22.8 Å². The number of nitrogens with zero attached hydrogens (tertiary/aromatic N) is 1. The number of methoxy groups -OCH3 is 5. The molecule has 0 aliphatic rings. The van der Waals surface area contributed by atoms with Crippen molar-refractivity contribution in [1.29, 1.82) is 0 Å². The smallest absolute Gasteiger partial charge is 0.277 e. The molecule has 2 aromatic rings. The van der Waals surface area contributed by atoms with Crippen LogP contribution < -0.4 is 23.7 Å². The van der Waals surface area contributed by atoms with Gasteiger partial charge in [0.05, 0.1) is 68.7 Å². The van der Waals surface area contributed by atoms with Gasteiger partial charge in [0, 0.05) is 23.1 Å². The van der Waals surface area contributed by atoms with E-state index in [1.54, 1.807) is 18.2 Å². The van der Waals surface area contributed by atoms with Crippen molar-refractivity contribution >= 4 is 22.6 Å². The predicted octanol–water partition coefficient (Wildman–Crippen LogP) is 3.56. The average Bonchev–Trinajstić information content (AvgIpc) is 2.76. The van der Waals surface area contributed by atoms with Crippen molar-refractivity contribution in [2.24, 2.45) is 0 Å². The first-order chi connectivity index (χ1) is 14.4. The summed E-state index contributed by atoms with van der Waals surface area (Å²) in [5.74, 6) is 1.93. The van der Waals surface area contributed by atoms with Crippen molar-refractivity contribution in [2.45, 2.75) is 5.75 Å². The number of nitro benzene ring substituents is 1. The molecule has 0 N–H and O–H groups in total. The highest BCUT2D eigenvalue weighted by Crippen LogP contribution is 2.36. The van der Waals surface area contributed by atoms with Crippen LogP contribution in [-0.4, -0.2) is 44.7 Å². The van der Waals surface area contributed by atoms with Crippen LogP contribution in [-0.2, 0) is 16.6 Å². The van der Waals surface area contributed by atoms with Crippen molar-refractivity contribution in [3.8, 4) is 28.7 Å². The van der Waals surface area contributed by atoms with Crippen molar-refractivity contribution in [1.82, 2.24) is 0 Å². The van der Waals surface area contributed by atoms with Gasteiger partial charge in [0.15, 0.2) is 11.5 Å². The largest absolute Gasteiger partial charge is 0.496 e. The van der Waals surface area contributed by atoms with Crippen LogP contribution in [0.3, 0.4) is 0 Å². The lowest BCUT2D eigenvalue weighted by atomic mass is 10.1. The summed E-state index contributed by atoms with van der Waals surface area (Å²) in [6.45, 7) is 0. The molecular weight excluding hydrogens is 414 g/mol. The standard InChI is InChI=1S/C20H23NO8S/c1-25-14-9-17(26-2)15(18(10-14)27-3)6-7-30(24)12-13-8-19(28-4)20(29-5)11-16(13)21(22)23/h6-11H,12H2,1-5H3. The number of hydrogen-bond acceptors (Lipinski definition) is 8. The number of nitro groups is 1. The van der Waals surface area contributed by atoms with Gasteiger partial charge in [-0.15, -0.1) is 0 Å². The van der Waals surface area contributed by atoms with Gasteiger partial charge in [-0.05, 0) is 12.1 Å². The van der Waals surface area contributed by atoms with Gasteiger partial charge in [-0.1, -0.05) is 0 Å². The molecule has 162 valence electrons. The van der Waals surface area contributed by atoms with E-state index in [9.17, 15) is 14.3 Å². The Morgan fingerprint density at radius 1 is 0.867 bits per heavy atom. The average molecular weight is 437 g/mol. The van der Waals surface area contributed by atoms with Crippen molar-refractivity contribution in [3.63, 3.8) is 0 Å². The summed E-state index contributed by atoms with van der Waals surface area (Å²) in [5, 5.41) is 12.8. The first-order valence-corrected chi connectivity index (χ1v) is 10.0. The summed E-state index contributed by atoms with van der Waals surface area (Å²) < 4.78 is 38.9. The molecule has 0 saturated carbocycles. The minimum Gasteiger partial charge on any atom is -0.496 e. The maximum absolute atomic E-state index is 12.7. The lowest BCUT2D eigenvalue weighted by Gasteiger charge is -2.12. The quantitative estimate of drug-likeness (QED) is 0.410. The number of benzene rings is 2. The summed E-state index contributed by atoms with van der Waals surface area (Å²) in [6, 6.07) is 6.05. The van der Waals surface area contributed by atoms with Crippen LogP contribution >= 0.6 is 0 Å². The van der Waals surface area contributed by atoms with E-state index in [1.165, 1.54) is 53.1 Å². The third-order valence-corrected chi connectivity index (χ3v) is 5.25. The molecule has 0 aliphatic heterocycles. The van der Waals surface area contributed by atoms with Gasteiger partial charge in [-0.3, -0.25) is 14.3 Å². The lowest BCUT2D eigenvalue weighted by Crippen LogP contribution is -2.01. The van der Waals surface area contributed by atoms with Crippen LogP contribution in [0.2, 0.25) is 0 Å². The van der Waals surface area contributed by atoms with E-state index in [0.717, 1.165) is 0 Å². The summed E-state index contributed by atoms with van der Waals surface area (Å²) in [4.78, 5) is 10.9. The molecule has 0 saturated heterocycles. The summed E-state index contributed by atoms with van der Waals surface area (Å²) in [5.41, 5.74) is 0.624. The summed E-state index contributed by atoms with van der Waals surface area (Å²) in [7, 11) is 5.76. The first kappa shape index (κ1) is 23.0. The van der Waals surface area contributed by atoms with Crippen LogP contribution in [0.15, 0.2) is 29.7 Å². The molecule has 2 aromatic carbocycles. The minimum atomic E-state index is -1.57. The van der Waals surface area contributed by atoms with E-state index >= 15 is 0 Å². The molecule has 0 spiro atoms. The number of hydrogen-bond donors (Lipinski definition) is 0. The fourth-order valence-corrected chi connectivity index (χ4v) is 3.66.